The topological polar surface area (TPSA) is 95.9 Å². The van der Waals surface area contributed by atoms with E-state index in [1.807, 2.05) is 59.6 Å². The van der Waals surface area contributed by atoms with Gasteiger partial charge in [0.2, 0.25) is 0 Å². The van der Waals surface area contributed by atoms with Gasteiger partial charge in [0, 0.05) is 74.1 Å². The standard InChI is InChI=1S/C27H30N6O3/c1-35-22-13-21(14-23(16-22)36-2)33(11-12-34)20-4-5-24-25(15-20)31-26(18-29-24)19-3-6-27(30-17-19)32-9-7-28-8-10-32/h3-6,13-18,28,34H,7-12H2,1-2H3. The average Bonchev–Trinajstić information content (AvgIpc) is 2.95. The molecule has 0 atom stereocenters. The lowest BCUT2D eigenvalue weighted by Gasteiger charge is -2.28. The number of methoxy groups -OCH3 is 2. The number of benzene rings is 2. The highest BCUT2D eigenvalue weighted by Gasteiger charge is 2.15. The van der Waals surface area contributed by atoms with E-state index in [2.05, 4.69) is 20.2 Å². The van der Waals surface area contributed by atoms with Crippen LogP contribution >= 0.6 is 0 Å². The largest absolute Gasteiger partial charge is 0.497 e. The van der Waals surface area contributed by atoms with Crippen LogP contribution in [0.15, 0.2) is 60.9 Å². The van der Waals surface area contributed by atoms with Gasteiger partial charge >= 0.3 is 0 Å². The van der Waals surface area contributed by atoms with Gasteiger partial charge in [-0.05, 0) is 30.3 Å². The number of hydrogen-bond donors (Lipinski definition) is 2. The van der Waals surface area contributed by atoms with Crippen molar-refractivity contribution in [2.24, 2.45) is 0 Å². The van der Waals surface area contributed by atoms with E-state index in [4.69, 9.17) is 14.5 Å². The third-order valence-corrected chi connectivity index (χ3v) is 6.29. The maximum atomic E-state index is 9.79. The summed E-state index contributed by atoms with van der Waals surface area (Å²) in [5.41, 5.74) is 4.95. The van der Waals surface area contributed by atoms with Gasteiger partial charge < -0.3 is 29.7 Å². The van der Waals surface area contributed by atoms with E-state index in [9.17, 15) is 5.11 Å². The van der Waals surface area contributed by atoms with Crippen LogP contribution in [0, 0.1) is 0 Å². The van der Waals surface area contributed by atoms with Gasteiger partial charge in [-0.15, -0.1) is 0 Å². The zero-order valence-electron chi connectivity index (χ0n) is 20.5. The smallest absolute Gasteiger partial charge is 0.128 e. The molecule has 186 valence electrons. The number of nitrogens with one attached hydrogen (secondary N) is 1. The van der Waals surface area contributed by atoms with Crippen LogP contribution in [-0.4, -0.2) is 73.6 Å². The predicted octanol–water partition coefficient (Wildman–Crippen LogP) is 3.25. The maximum absolute atomic E-state index is 9.79. The number of ether oxygens (including phenoxy) is 2. The summed E-state index contributed by atoms with van der Waals surface area (Å²) in [7, 11) is 3.24. The minimum absolute atomic E-state index is 0.0195. The fourth-order valence-electron chi connectivity index (χ4n) is 4.38. The number of piperazine rings is 1. The Bertz CT molecular complexity index is 1300. The van der Waals surface area contributed by atoms with Crippen LogP contribution in [0.3, 0.4) is 0 Å². The molecule has 4 aromatic rings. The highest BCUT2D eigenvalue weighted by molar-refractivity contribution is 5.82. The summed E-state index contributed by atoms with van der Waals surface area (Å²) >= 11 is 0. The number of fused-ring (bicyclic) bond motifs is 1. The highest BCUT2D eigenvalue weighted by atomic mass is 16.5. The second kappa shape index (κ2) is 10.8. The number of nitrogens with zero attached hydrogens (tertiary/aromatic N) is 5. The lowest BCUT2D eigenvalue weighted by molar-refractivity contribution is 0.305. The lowest BCUT2D eigenvalue weighted by atomic mass is 10.1. The van der Waals surface area contributed by atoms with Gasteiger partial charge in [0.05, 0.1) is 43.8 Å². The molecule has 36 heavy (non-hydrogen) atoms. The van der Waals surface area contributed by atoms with Gasteiger partial charge in [-0.25, -0.2) is 9.97 Å². The van der Waals surface area contributed by atoms with Crippen molar-refractivity contribution in [1.82, 2.24) is 20.3 Å². The summed E-state index contributed by atoms with van der Waals surface area (Å²) in [6.07, 6.45) is 3.64. The summed E-state index contributed by atoms with van der Waals surface area (Å²) in [5, 5.41) is 13.2. The molecule has 0 amide bonds. The molecule has 0 saturated carbocycles. The fraction of sp³-hybridized carbons (Fsp3) is 0.296. The summed E-state index contributed by atoms with van der Waals surface area (Å²) in [6.45, 7) is 4.22. The van der Waals surface area contributed by atoms with E-state index in [1.165, 1.54) is 0 Å². The molecule has 0 aliphatic carbocycles. The van der Waals surface area contributed by atoms with Crippen LogP contribution in [-0.2, 0) is 0 Å². The zero-order chi connectivity index (χ0) is 24.9. The highest BCUT2D eigenvalue weighted by Crippen LogP contribution is 2.34. The van der Waals surface area contributed by atoms with Crippen molar-refractivity contribution in [2.75, 3.05) is 63.4 Å². The minimum atomic E-state index is -0.0195. The van der Waals surface area contributed by atoms with Crippen LogP contribution in [0.5, 0.6) is 11.5 Å². The monoisotopic (exact) mass is 486 g/mol. The van der Waals surface area contributed by atoms with Crippen molar-refractivity contribution in [3.8, 4) is 22.8 Å². The van der Waals surface area contributed by atoms with Crippen molar-refractivity contribution in [3.63, 3.8) is 0 Å². The van der Waals surface area contributed by atoms with E-state index in [1.54, 1.807) is 20.4 Å². The van der Waals surface area contributed by atoms with Crippen LogP contribution in [0.4, 0.5) is 17.2 Å². The SMILES string of the molecule is COc1cc(OC)cc(N(CCO)c2ccc3ncc(-c4ccc(N5CCNCC5)nc4)nc3c2)c1. The molecule has 0 spiro atoms. The maximum Gasteiger partial charge on any atom is 0.128 e. The molecule has 0 unspecified atom stereocenters. The molecular weight excluding hydrogens is 456 g/mol. The van der Waals surface area contributed by atoms with E-state index in [0.29, 0.717) is 18.0 Å². The summed E-state index contributed by atoms with van der Waals surface area (Å²) in [6, 6.07) is 15.6. The van der Waals surface area contributed by atoms with E-state index >= 15 is 0 Å². The molecule has 1 aliphatic rings. The number of aliphatic hydroxyl groups excluding tert-OH is 1. The molecule has 3 heterocycles. The molecular formula is C27H30N6O3. The van der Waals surface area contributed by atoms with Crippen LogP contribution in [0.2, 0.25) is 0 Å². The number of pyridine rings is 1. The second-order valence-corrected chi connectivity index (χ2v) is 8.52. The van der Waals surface area contributed by atoms with Crippen LogP contribution < -0.4 is 24.6 Å². The van der Waals surface area contributed by atoms with E-state index < -0.39 is 0 Å². The predicted molar refractivity (Wildman–Crippen MR) is 141 cm³/mol. The molecule has 9 heteroatoms. The van der Waals surface area contributed by atoms with Crippen molar-refractivity contribution in [2.45, 2.75) is 0 Å². The Labute approximate surface area is 210 Å². The van der Waals surface area contributed by atoms with Gasteiger partial charge in [-0.3, -0.25) is 4.98 Å². The molecule has 1 aliphatic heterocycles. The summed E-state index contributed by atoms with van der Waals surface area (Å²) in [4.78, 5) is 18.5. The molecule has 0 bridgehead atoms. The number of hydrogen-bond acceptors (Lipinski definition) is 9. The Balaban J connectivity index is 1.47. The molecule has 2 N–H and O–H groups in total. The lowest BCUT2D eigenvalue weighted by Crippen LogP contribution is -2.43. The van der Waals surface area contributed by atoms with Gasteiger partial charge in [0.15, 0.2) is 0 Å². The second-order valence-electron chi connectivity index (χ2n) is 8.52. The molecule has 5 rings (SSSR count). The average molecular weight is 487 g/mol. The molecule has 2 aromatic carbocycles. The normalized spacial score (nSPS) is 13.6. The van der Waals surface area contributed by atoms with Gasteiger partial charge in [0.25, 0.3) is 0 Å². The summed E-state index contributed by atoms with van der Waals surface area (Å²) < 4.78 is 10.9. The first-order valence-electron chi connectivity index (χ1n) is 12.0. The Morgan fingerprint density at radius 3 is 2.33 bits per heavy atom. The fourth-order valence-corrected chi connectivity index (χ4v) is 4.38. The number of rotatable bonds is 8. The third kappa shape index (κ3) is 5.02. The molecule has 0 radical (unpaired) electrons. The zero-order valence-corrected chi connectivity index (χ0v) is 20.5. The Morgan fingerprint density at radius 1 is 0.889 bits per heavy atom. The number of aliphatic hydroxyl groups is 1. The quantitative estimate of drug-likeness (QED) is 0.389. The van der Waals surface area contributed by atoms with Gasteiger partial charge in [-0.1, -0.05) is 0 Å². The minimum Gasteiger partial charge on any atom is -0.497 e. The van der Waals surface area contributed by atoms with Crippen LogP contribution in [0.25, 0.3) is 22.3 Å². The number of aromatic nitrogens is 3. The van der Waals surface area contributed by atoms with Crippen molar-refractivity contribution in [3.05, 3.63) is 60.9 Å². The van der Waals surface area contributed by atoms with Crippen molar-refractivity contribution >= 4 is 28.2 Å². The van der Waals surface area contributed by atoms with E-state index in [-0.39, 0.29) is 6.61 Å². The third-order valence-electron chi connectivity index (χ3n) is 6.29. The Hall–Kier alpha value is -3.95. The van der Waals surface area contributed by atoms with Gasteiger partial charge in [-0.2, -0.15) is 0 Å². The Kier molecular flexibility index (Phi) is 7.11. The van der Waals surface area contributed by atoms with Crippen LogP contribution in [0.1, 0.15) is 0 Å². The molecule has 1 fully saturated rings. The first kappa shape index (κ1) is 23.8. The van der Waals surface area contributed by atoms with Crippen molar-refractivity contribution in [1.29, 1.82) is 0 Å². The van der Waals surface area contributed by atoms with Crippen molar-refractivity contribution < 1.29 is 14.6 Å². The summed E-state index contributed by atoms with van der Waals surface area (Å²) in [5.74, 6) is 2.32. The molecule has 2 aromatic heterocycles. The van der Waals surface area contributed by atoms with E-state index in [0.717, 1.165) is 65.7 Å². The number of anilines is 3. The molecule has 1 saturated heterocycles. The first-order chi connectivity index (χ1) is 17.7. The first-order valence-corrected chi connectivity index (χ1v) is 12.0. The molecule has 9 nitrogen and oxygen atoms in total. The Morgan fingerprint density at radius 2 is 1.67 bits per heavy atom. The van der Waals surface area contributed by atoms with Gasteiger partial charge in [0.1, 0.15) is 17.3 Å².